The molecule has 2 heterocycles. The third kappa shape index (κ3) is 5.25. The van der Waals surface area contributed by atoms with Crippen molar-refractivity contribution in [2.75, 3.05) is 23.4 Å². The number of fused-ring (bicyclic) bond motifs is 1. The molecule has 2 aliphatic heterocycles. The van der Waals surface area contributed by atoms with Crippen LogP contribution in [0, 0.1) is 0 Å². The Hall–Kier alpha value is -1.58. The second kappa shape index (κ2) is 9.96. The van der Waals surface area contributed by atoms with Crippen LogP contribution >= 0.6 is 15.9 Å². The topological polar surface area (TPSA) is 87.3 Å². The van der Waals surface area contributed by atoms with E-state index in [-0.39, 0.29) is 29.8 Å². The molecule has 2 saturated heterocycles. The average Bonchev–Trinajstić information content (AvgIpc) is 3.39. The number of amidine groups is 1. The SMILES string of the molecule is COc1cc(C(N)=Nc2cc(C(F)(F)F)ccc2Br)c([NH][Tl])cc1O[C@@H]1COC2CCOC21. The van der Waals surface area contributed by atoms with Crippen LogP contribution in [0.1, 0.15) is 17.5 Å². The van der Waals surface area contributed by atoms with E-state index >= 15 is 0 Å². The van der Waals surface area contributed by atoms with Gasteiger partial charge in [-0.3, -0.25) is 0 Å². The number of benzene rings is 2. The van der Waals surface area contributed by atoms with Crippen LogP contribution in [0.15, 0.2) is 39.8 Å². The minimum atomic E-state index is -4.49. The zero-order valence-corrected chi connectivity index (χ0v) is 23.6. The molecule has 0 saturated carbocycles. The molecule has 7 nitrogen and oxygen atoms in total. The molecule has 3 atom stereocenters. The molecule has 2 aromatic carbocycles. The summed E-state index contributed by atoms with van der Waals surface area (Å²) in [4.78, 5) is 4.25. The number of hydrogen-bond donors (Lipinski definition) is 2. The van der Waals surface area contributed by atoms with Crippen molar-refractivity contribution < 1.29 is 32.1 Å². The predicted octanol–water partition coefficient (Wildman–Crippen LogP) is 3.94. The van der Waals surface area contributed by atoms with Crippen molar-refractivity contribution in [3.63, 3.8) is 0 Å². The van der Waals surface area contributed by atoms with Crippen LogP contribution in [-0.4, -0.2) is 70.5 Å². The maximum absolute atomic E-state index is 13.1. The van der Waals surface area contributed by atoms with E-state index in [1.807, 2.05) is 0 Å². The van der Waals surface area contributed by atoms with Crippen LogP contribution in [0.3, 0.4) is 0 Å². The Morgan fingerprint density at radius 3 is 2.73 bits per heavy atom. The Balaban J connectivity index is 1.66. The second-order valence-corrected chi connectivity index (χ2v) is 9.48. The molecule has 3 N–H and O–H groups in total. The minimum absolute atomic E-state index is 0.0337. The van der Waals surface area contributed by atoms with Crippen molar-refractivity contribution >= 4 is 59.2 Å². The van der Waals surface area contributed by atoms with E-state index in [1.54, 1.807) is 12.1 Å². The fourth-order valence-electron chi connectivity index (χ4n) is 3.80. The average molecular weight is 720 g/mol. The van der Waals surface area contributed by atoms with E-state index in [1.165, 1.54) is 13.2 Å². The van der Waals surface area contributed by atoms with Crippen molar-refractivity contribution in [1.29, 1.82) is 0 Å². The molecule has 0 amide bonds. The van der Waals surface area contributed by atoms with Gasteiger partial charge in [0.2, 0.25) is 0 Å². The van der Waals surface area contributed by atoms with E-state index in [2.05, 4.69) is 24.0 Å². The van der Waals surface area contributed by atoms with Crippen molar-refractivity contribution in [2.45, 2.75) is 30.9 Å². The summed E-state index contributed by atoms with van der Waals surface area (Å²) in [5.41, 5.74) is 6.61. The van der Waals surface area contributed by atoms with Gasteiger partial charge < -0.3 is 0 Å². The van der Waals surface area contributed by atoms with E-state index in [9.17, 15) is 13.2 Å². The quantitative estimate of drug-likeness (QED) is 0.268. The molecule has 2 aliphatic rings. The van der Waals surface area contributed by atoms with Crippen LogP contribution in [0.4, 0.5) is 24.5 Å². The Morgan fingerprint density at radius 2 is 2.03 bits per heavy atom. The van der Waals surface area contributed by atoms with Gasteiger partial charge in [-0.05, 0) is 0 Å². The number of methoxy groups -OCH3 is 1. The number of alkyl halides is 3. The number of nitrogens with two attached hydrogens (primary N) is 1. The first kappa shape index (κ1) is 24.5. The van der Waals surface area contributed by atoms with Gasteiger partial charge in [-0.15, -0.1) is 0 Å². The number of anilines is 1. The van der Waals surface area contributed by atoms with E-state index in [0.29, 0.717) is 66.5 Å². The van der Waals surface area contributed by atoms with Gasteiger partial charge in [0, 0.05) is 0 Å². The van der Waals surface area contributed by atoms with Crippen LogP contribution in [-0.2, 0) is 15.7 Å². The molecule has 33 heavy (non-hydrogen) atoms. The van der Waals surface area contributed by atoms with Gasteiger partial charge in [-0.1, -0.05) is 0 Å². The zero-order valence-electron chi connectivity index (χ0n) is 17.5. The summed E-state index contributed by atoms with van der Waals surface area (Å²) in [5.74, 6) is 0.935. The zero-order chi connectivity index (χ0) is 23.8. The molecule has 2 fully saturated rings. The van der Waals surface area contributed by atoms with E-state index in [0.717, 1.165) is 18.6 Å². The number of ether oxygens (including phenoxy) is 4. The molecule has 174 valence electrons. The number of halogens is 4. The fraction of sp³-hybridized carbons (Fsp3) is 0.381. The van der Waals surface area contributed by atoms with Crippen LogP contribution in [0.2, 0.25) is 0 Å². The van der Waals surface area contributed by atoms with Crippen molar-refractivity contribution in [1.82, 2.24) is 0 Å². The van der Waals surface area contributed by atoms with Gasteiger partial charge >= 0.3 is 214 Å². The molecular formula is C21H20BrF3N3O4Tl. The molecule has 12 heteroatoms. The van der Waals surface area contributed by atoms with E-state index in [4.69, 9.17) is 24.7 Å². The molecule has 2 aromatic rings. The summed E-state index contributed by atoms with van der Waals surface area (Å²) >= 11 is 3.60. The number of rotatable bonds is 6. The van der Waals surface area contributed by atoms with Crippen LogP contribution in [0.25, 0.3) is 0 Å². The third-order valence-electron chi connectivity index (χ3n) is 5.45. The molecule has 0 aliphatic carbocycles. The van der Waals surface area contributed by atoms with Crippen molar-refractivity contribution in [3.05, 3.63) is 45.9 Å². The first-order valence-corrected chi connectivity index (χ1v) is 13.0. The van der Waals surface area contributed by atoms with Gasteiger partial charge in [-0.2, -0.15) is 0 Å². The number of aliphatic imine (C=N–C) groups is 1. The number of nitrogens with one attached hydrogen (secondary N) is 1. The standard InChI is InChI=1S/C21H20BrF3N3O4.Tl/c1-29-16-7-11(20(27)28-14-6-10(21(23,24)25)2-3-12(14)22)13(26)8-17(16)32-18-9-31-15-4-5-30-19(15)18;/h2-3,6-8,15,18-19,26H,4-5,9H2,1H3,(H2,27,28);/q-1;+1/t15?,18-,19?;/m1./s1. The third-order valence-corrected chi connectivity index (χ3v) is 7.33. The molecule has 0 radical (unpaired) electrons. The van der Waals surface area contributed by atoms with Gasteiger partial charge in [0.25, 0.3) is 0 Å². The molecule has 0 spiro atoms. The summed E-state index contributed by atoms with van der Waals surface area (Å²) < 4.78 is 66.1. The molecule has 4 rings (SSSR count). The molecular weight excluding hydrogens is 700 g/mol. The van der Waals surface area contributed by atoms with Crippen molar-refractivity contribution in [3.8, 4) is 11.5 Å². The Labute approximate surface area is 213 Å². The monoisotopic (exact) mass is 719 g/mol. The second-order valence-electron chi connectivity index (χ2n) is 7.51. The number of nitrogens with zero attached hydrogens (tertiary/aromatic N) is 1. The van der Waals surface area contributed by atoms with Crippen molar-refractivity contribution in [2.24, 2.45) is 10.7 Å². The normalized spacial score (nSPS) is 22.8. The number of hydrogen-bond acceptors (Lipinski definition) is 6. The van der Waals surface area contributed by atoms with Crippen LogP contribution in [0.5, 0.6) is 11.5 Å². The van der Waals surface area contributed by atoms with Gasteiger partial charge in [0.15, 0.2) is 0 Å². The van der Waals surface area contributed by atoms with E-state index < -0.39 is 11.7 Å². The summed E-state index contributed by atoms with van der Waals surface area (Å²) in [5, 5.41) is 0. The Bertz CT molecular complexity index is 1070. The summed E-state index contributed by atoms with van der Waals surface area (Å²) in [6.07, 6.45) is -4.02. The van der Waals surface area contributed by atoms with Gasteiger partial charge in [0.05, 0.1) is 0 Å². The van der Waals surface area contributed by atoms with Gasteiger partial charge in [0.1, 0.15) is 0 Å². The molecule has 0 bridgehead atoms. The first-order chi connectivity index (χ1) is 15.7. The summed E-state index contributed by atoms with van der Waals surface area (Å²) in [6.45, 7) is 1.05. The first-order valence-electron chi connectivity index (χ1n) is 10.0. The molecule has 2 unspecified atom stereocenters. The summed E-state index contributed by atoms with van der Waals surface area (Å²) in [7, 11) is 1.50. The Kier molecular flexibility index (Phi) is 7.41. The van der Waals surface area contributed by atoms with Crippen LogP contribution < -0.4 is 18.3 Å². The Morgan fingerprint density at radius 1 is 1.24 bits per heavy atom. The fourth-order valence-corrected chi connectivity index (χ4v) is 5.07. The van der Waals surface area contributed by atoms with Gasteiger partial charge in [-0.25, -0.2) is 0 Å². The molecule has 0 aromatic heterocycles. The summed E-state index contributed by atoms with van der Waals surface area (Å²) in [6, 6.07) is 6.62. The predicted molar refractivity (Wildman–Crippen MR) is 120 cm³/mol. The maximum atomic E-state index is 13.1.